The molecule has 2 nitrogen and oxygen atoms in total. The lowest BCUT2D eigenvalue weighted by atomic mass is 10.1. The van der Waals surface area contributed by atoms with E-state index in [-0.39, 0.29) is 0 Å². The molecule has 96 valence electrons. The van der Waals surface area contributed by atoms with Gasteiger partial charge in [-0.15, -0.1) is 0 Å². The summed E-state index contributed by atoms with van der Waals surface area (Å²) in [5.74, 6) is 0.694. The van der Waals surface area contributed by atoms with Gasteiger partial charge in [0.25, 0.3) is 0 Å². The first kappa shape index (κ1) is 12.7. The first-order valence-corrected chi connectivity index (χ1v) is 7.27. The van der Waals surface area contributed by atoms with Crippen LogP contribution in [0.5, 0.6) is 0 Å². The van der Waals surface area contributed by atoms with Crippen LogP contribution in [0.2, 0.25) is 0 Å². The van der Waals surface area contributed by atoms with Crippen molar-refractivity contribution in [2.45, 2.75) is 20.8 Å². The van der Waals surface area contributed by atoms with E-state index in [1.54, 1.807) is 0 Å². The van der Waals surface area contributed by atoms with Gasteiger partial charge in [0.1, 0.15) is 5.52 Å². The summed E-state index contributed by atoms with van der Waals surface area (Å²) < 4.78 is 7.13. The Labute approximate surface area is 126 Å². The van der Waals surface area contributed by atoms with E-state index in [1.165, 1.54) is 20.3 Å². The van der Waals surface area contributed by atoms with Gasteiger partial charge in [-0.25, -0.2) is 4.98 Å². The Bertz CT molecular complexity index is 735. The fourth-order valence-corrected chi connectivity index (χ4v) is 2.42. The summed E-state index contributed by atoms with van der Waals surface area (Å²) >= 11 is 2.33. The van der Waals surface area contributed by atoms with E-state index in [9.17, 15) is 0 Å². The van der Waals surface area contributed by atoms with Gasteiger partial charge in [0, 0.05) is 9.13 Å². The fraction of sp³-hybridized carbons (Fsp3) is 0.188. The summed E-state index contributed by atoms with van der Waals surface area (Å²) in [6.07, 6.45) is 0. The van der Waals surface area contributed by atoms with Crippen LogP contribution in [0.1, 0.15) is 16.7 Å². The molecule has 0 spiro atoms. The number of hydrogen-bond acceptors (Lipinski definition) is 2. The zero-order chi connectivity index (χ0) is 13.6. The van der Waals surface area contributed by atoms with Gasteiger partial charge in [-0.3, -0.25) is 0 Å². The number of oxazole rings is 1. The van der Waals surface area contributed by atoms with Gasteiger partial charge in [0.05, 0.1) is 0 Å². The zero-order valence-corrected chi connectivity index (χ0v) is 13.3. The lowest BCUT2D eigenvalue weighted by Gasteiger charge is -1.99. The molecule has 0 aliphatic rings. The Morgan fingerprint density at radius 1 is 0.947 bits per heavy atom. The monoisotopic (exact) mass is 363 g/mol. The second-order valence-corrected chi connectivity index (χ2v) is 6.05. The van der Waals surface area contributed by atoms with Gasteiger partial charge in [-0.2, -0.15) is 0 Å². The maximum Gasteiger partial charge on any atom is 0.227 e. The van der Waals surface area contributed by atoms with Crippen LogP contribution in [-0.2, 0) is 0 Å². The SMILES string of the molecule is Cc1cc2nc(-c3ccc(I)c(C)c3)oc2cc1C. The summed E-state index contributed by atoms with van der Waals surface area (Å²) in [5.41, 5.74) is 6.53. The van der Waals surface area contributed by atoms with Crippen molar-refractivity contribution in [3.63, 3.8) is 0 Å². The highest BCUT2D eigenvalue weighted by Crippen LogP contribution is 2.27. The Morgan fingerprint density at radius 3 is 2.42 bits per heavy atom. The van der Waals surface area contributed by atoms with Gasteiger partial charge < -0.3 is 4.42 Å². The largest absolute Gasteiger partial charge is 0.436 e. The molecule has 0 N–H and O–H groups in total. The summed E-state index contributed by atoms with van der Waals surface area (Å²) in [6.45, 7) is 6.28. The van der Waals surface area contributed by atoms with Crippen LogP contribution >= 0.6 is 22.6 Å². The molecule has 19 heavy (non-hydrogen) atoms. The lowest BCUT2D eigenvalue weighted by Crippen LogP contribution is -1.83. The number of aromatic nitrogens is 1. The summed E-state index contributed by atoms with van der Waals surface area (Å²) in [7, 11) is 0. The normalized spacial score (nSPS) is 11.2. The van der Waals surface area contributed by atoms with E-state index in [4.69, 9.17) is 4.42 Å². The average Bonchev–Trinajstić information content (AvgIpc) is 2.76. The van der Waals surface area contributed by atoms with Crippen LogP contribution in [0.4, 0.5) is 0 Å². The predicted molar refractivity (Wildman–Crippen MR) is 86.4 cm³/mol. The molecule has 0 atom stereocenters. The molecule has 0 aliphatic heterocycles. The zero-order valence-electron chi connectivity index (χ0n) is 11.1. The van der Waals surface area contributed by atoms with E-state index < -0.39 is 0 Å². The molecule has 0 radical (unpaired) electrons. The maximum absolute atomic E-state index is 5.87. The first-order valence-electron chi connectivity index (χ1n) is 6.19. The minimum absolute atomic E-state index is 0.694. The minimum Gasteiger partial charge on any atom is -0.436 e. The van der Waals surface area contributed by atoms with Crippen molar-refractivity contribution in [2.75, 3.05) is 0 Å². The molecule has 3 heteroatoms. The van der Waals surface area contributed by atoms with Crippen LogP contribution in [-0.4, -0.2) is 4.98 Å². The molecule has 0 saturated carbocycles. The quantitative estimate of drug-likeness (QED) is 0.567. The number of nitrogens with zero attached hydrogens (tertiary/aromatic N) is 1. The standard InChI is InChI=1S/C16H14INO/c1-9-7-14-15(8-10(9)2)19-16(18-14)12-4-5-13(17)11(3)6-12/h4-8H,1-3H3. The minimum atomic E-state index is 0.694. The third kappa shape index (κ3) is 2.27. The summed E-state index contributed by atoms with van der Waals surface area (Å²) in [4.78, 5) is 4.59. The van der Waals surface area contributed by atoms with Crippen LogP contribution in [0.3, 0.4) is 0 Å². The molecule has 0 unspecified atom stereocenters. The number of hydrogen-bond donors (Lipinski definition) is 0. The second-order valence-electron chi connectivity index (χ2n) is 4.89. The number of benzene rings is 2. The maximum atomic E-state index is 5.87. The predicted octanol–water partition coefficient (Wildman–Crippen LogP) is 5.02. The average molecular weight is 363 g/mol. The molecule has 0 fully saturated rings. The van der Waals surface area contributed by atoms with Gasteiger partial charge in [0.15, 0.2) is 5.58 Å². The van der Waals surface area contributed by atoms with Crippen molar-refractivity contribution in [3.05, 3.63) is 50.6 Å². The summed E-state index contributed by atoms with van der Waals surface area (Å²) in [6, 6.07) is 10.4. The van der Waals surface area contributed by atoms with E-state index in [2.05, 4.69) is 78.7 Å². The van der Waals surface area contributed by atoms with Crippen LogP contribution in [0, 0.1) is 24.3 Å². The molecule has 2 aromatic carbocycles. The van der Waals surface area contributed by atoms with Gasteiger partial charge in [0.2, 0.25) is 5.89 Å². The van der Waals surface area contributed by atoms with Gasteiger partial charge >= 0.3 is 0 Å². The van der Waals surface area contributed by atoms with Crippen LogP contribution in [0.25, 0.3) is 22.6 Å². The summed E-state index contributed by atoms with van der Waals surface area (Å²) in [5, 5.41) is 0. The number of rotatable bonds is 1. The van der Waals surface area contributed by atoms with Crippen molar-refractivity contribution in [2.24, 2.45) is 0 Å². The Kier molecular flexibility index (Phi) is 3.09. The molecule has 0 amide bonds. The number of halogens is 1. The molecular weight excluding hydrogens is 349 g/mol. The Balaban J connectivity index is 2.17. The van der Waals surface area contributed by atoms with Crippen LogP contribution < -0.4 is 0 Å². The van der Waals surface area contributed by atoms with E-state index in [0.29, 0.717) is 5.89 Å². The van der Waals surface area contributed by atoms with Crippen LogP contribution in [0.15, 0.2) is 34.7 Å². The highest BCUT2D eigenvalue weighted by molar-refractivity contribution is 14.1. The lowest BCUT2D eigenvalue weighted by molar-refractivity contribution is 0.619. The third-order valence-electron chi connectivity index (χ3n) is 3.41. The first-order chi connectivity index (χ1) is 9.04. The second kappa shape index (κ2) is 4.63. The topological polar surface area (TPSA) is 26.0 Å². The Morgan fingerprint density at radius 2 is 1.68 bits per heavy atom. The third-order valence-corrected chi connectivity index (χ3v) is 4.62. The Hall–Kier alpha value is -1.36. The molecule has 3 rings (SSSR count). The smallest absolute Gasteiger partial charge is 0.227 e. The highest BCUT2D eigenvalue weighted by Gasteiger charge is 2.10. The van der Waals surface area contributed by atoms with Gasteiger partial charge in [-0.05, 0) is 90.4 Å². The van der Waals surface area contributed by atoms with Crippen molar-refractivity contribution >= 4 is 33.7 Å². The molecule has 0 aliphatic carbocycles. The molecule has 1 aromatic heterocycles. The molecular formula is C16H14INO. The highest BCUT2D eigenvalue weighted by atomic mass is 127. The number of fused-ring (bicyclic) bond motifs is 1. The molecule has 0 bridgehead atoms. The van der Waals surface area contributed by atoms with E-state index >= 15 is 0 Å². The van der Waals surface area contributed by atoms with E-state index in [1.807, 2.05) is 0 Å². The fourth-order valence-electron chi connectivity index (χ4n) is 2.08. The van der Waals surface area contributed by atoms with Crippen molar-refractivity contribution in [1.29, 1.82) is 0 Å². The molecule has 1 heterocycles. The van der Waals surface area contributed by atoms with Crippen molar-refractivity contribution in [3.8, 4) is 11.5 Å². The molecule has 0 saturated heterocycles. The van der Waals surface area contributed by atoms with Crippen molar-refractivity contribution < 1.29 is 4.42 Å². The van der Waals surface area contributed by atoms with E-state index in [0.717, 1.165) is 16.7 Å². The number of aryl methyl sites for hydroxylation is 3. The van der Waals surface area contributed by atoms with Crippen molar-refractivity contribution in [1.82, 2.24) is 4.98 Å². The molecule has 3 aromatic rings. The van der Waals surface area contributed by atoms with Gasteiger partial charge in [-0.1, -0.05) is 0 Å².